The van der Waals surface area contributed by atoms with Crippen LogP contribution in [0.4, 0.5) is 4.79 Å². The maximum absolute atomic E-state index is 12.1. The number of amides is 3. The maximum atomic E-state index is 12.1. The van der Waals surface area contributed by atoms with Crippen molar-refractivity contribution in [3.8, 4) is 11.8 Å². The highest BCUT2D eigenvalue weighted by atomic mass is 16.5. The summed E-state index contributed by atoms with van der Waals surface area (Å²) in [5.74, 6) is -1.28. The molecule has 3 amide bonds. The lowest BCUT2D eigenvalue weighted by molar-refractivity contribution is -0.130. The van der Waals surface area contributed by atoms with Gasteiger partial charge in [-0.2, -0.15) is 5.26 Å². The van der Waals surface area contributed by atoms with Crippen molar-refractivity contribution in [2.24, 2.45) is 5.73 Å². The zero-order chi connectivity index (χ0) is 21.1. The first-order valence-electron chi connectivity index (χ1n) is 8.67. The van der Waals surface area contributed by atoms with Crippen molar-refractivity contribution in [1.82, 2.24) is 10.6 Å². The fraction of sp³-hybridized carbons (Fsp3) is 0.200. The number of primary amides is 1. The normalized spacial score (nSPS) is 10.9. The quantitative estimate of drug-likeness (QED) is 0.423. The summed E-state index contributed by atoms with van der Waals surface area (Å²) in [7, 11) is 0. The molecule has 2 rings (SSSR count). The van der Waals surface area contributed by atoms with Gasteiger partial charge in [0.2, 0.25) is 5.91 Å². The van der Waals surface area contributed by atoms with Crippen LogP contribution < -0.4 is 21.1 Å². The number of hydrogen-bond acceptors (Lipinski definition) is 6. The Balaban J connectivity index is 1.75. The molecule has 0 bridgehead atoms. The van der Waals surface area contributed by atoms with Crippen molar-refractivity contribution in [2.75, 3.05) is 13.2 Å². The fourth-order valence-corrected chi connectivity index (χ4v) is 2.22. The molecule has 0 fully saturated rings. The van der Waals surface area contributed by atoms with E-state index in [0.29, 0.717) is 11.3 Å². The number of carbonyl (C=O) groups excluding carboxylic acids is 3. The summed E-state index contributed by atoms with van der Waals surface area (Å²) in [5.41, 5.74) is 6.44. The molecule has 0 aliphatic heterocycles. The van der Waals surface area contributed by atoms with Crippen molar-refractivity contribution in [2.45, 2.75) is 12.6 Å². The molecule has 0 aliphatic carbocycles. The van der Waals surface area contributed by atoms with Crippen molar-refractivity contribution < 1.29 is 23.9 Å². The van der Waals surface area contributed by atoms with Crippen LogP contribution in [0.2, 0.25) is 0 Å². The summed E-state index contributed by atoms with van der Waals surface area (Å²) in [6.45, 7) is 0.170. The van der Waals surface area contributed by atoms with Crippen LogP contribution in [0.25, 0.3) is 0 Å². The smallest absolute Gasteiger partial charge is 0.408 e. The van der Waals surface area contributed by atoms with Gasteiger partial charge in [0.05, 0.1) is 18.2 Å². The average Bonchev–Trinajstić information content (AvgIpc) is 2.74. The van der Waals surface area contributed by atoms with Crippen LogP contribution in [0.3, 0.4) is 0 Å². The summed E-state index contributed by atoms with van der Waals surface area (Å²) in [4.78, 5) is 35.4. The first-order valence-corrected chi connectivity index (χ1v) is 8.67. The van der Waals surface area contributed by atoms with E-state index in [0.717, 1.165) is 5.56 Å². The van der Waals surface area contributed by atoms with Crippen molar-refractivity contribution in [3.05, 3.63) is 65.7 Å². The Hall–Kier alpha value is -4.06. The van der Waals surface area contributed by atoms with E-state index in [4.69, 9.17) is 20.5 Å². The largest absolute Gasteiger partial charge is 0.492 e. The van der Waals surface area contributed by atoms with Crippen molar-refractivity contribution in [3.63, 3.8) is 0 Å². The van der Waals surface area contributed by atoms with E-state index in [-0.39, 0.29) is 19.8 Å². The monoisotopic (exact) mass is 396 g/mol. The minimum Gasteiger partial charge on any atom is -0.492 e. The Morgan fingerprint density at radius 2 is 1.76 bits per heavy atom. The Kier molecular flexibility index (Phi) is 8.01. The van der Waals surface area contributed by atoms with Gasteiger partial charge in [0.1, 0.15) is 19.0 Å². The lowest BCUT2D eigenvalue weighted by Crippen LogP contribution is -2.54. The standard InChI is InChI=1S/C20H20N4O5/c21-12-14-6-8-16(9-7-14)28-11-10-23-19(26)17(18(22)25)24-20(27)29-13-15-4-2-1-3-5-15/h1-9,17H,10-11,13H2,(H2,22,25)(H,23,26)(H,24,27). The number of nitriles is 1. The minimum atomic E-state index is -1.58. The average molecular weight is 396 g/mol. The lowest BCUT2D eigenvalue weighted by atomic mass is 10.2. The molecular formula is C20H20N4O5. The molecule has 4 N–H and O–H groups in total. The van der Waals surface area contributed by atoms with E-state index in [1.807, 2.05) is 12.1 Å². The maximum Gasteiger partial charge on any atom is 0.408 e. The molecule has 0 aliphatic rings. The molecule has 0 spiro atoms. The summed E-state index contributed by atoms with van der Waals surface area (Å²) in [5, 5.41) is 13.3. The Labute approximate surface area is 167 Å². The molecule has 9 heteroatoms. The zero-order valence-electron chi connectivity index (χ0n) is 15.5. The number of carbonyl (C=O) groups is 3. The molecule has 1 unspecified atom stereocenters. The highest BCUT2D eigenvalue weighted by Gasteiger charge is 2.26. The first kappa shape index (κ1) is 21.2. The highest BCUT2D eigenvalue weighted by Crippen LogP contribution is 2.11. The first-order chi connectivity index (χ1) is 14.0. The van der Waals surface area contributed by atoms with Gasteiger partial charge in [-0.15, -0.1) is 0 Å². The number of alkyl carbamates (subject to hydrolysis) is 1. The second-order valence-corrected chi connectivity index (χ2v) is 5.82. The molecular weight excluding hydrogens is 376 g/mol. The van der Waals surface area contributed by atoms with E-state index in [2.05, 4.69) is 10.6 Å². The van der Waals surface area contributed by atoms with Crippen LogP contribution in [0.1, 0.15) is 11.1 Å². The number of ether oxygens (including phenoxy) is 2. The van der Waals surface area contributed by atoms with Crippen LogP contribution in [-0.2, 0) is 20.9 Å². The molecule has 150 valence electrons. The highest BCUT2D eigenvalue weighted by molar-refractivity contribution is 6.05. The second-order valence-electron chi connectivity index (χ2n) is 5.82. The van der Waals surface area contributed by atoms with Crippen molar-refractivity contribution >= 4 is 17.9 Å². The van der Waals surface area contributed by atoms with Gasteiger partial charge >= 0.3 is 6.09 Å². The molecule has 0 radical (unpaired) electrons. The van der Waals surface area contributed by atoms with Gasteiger partial charge in [0.25, 0.3) is 5.91 Å². The van der Waals surface area contributed by atoms with Gasteiger partial charge in [-0.05, 0) is 29.8 Å². The molecule has 2 aromatic rings. The molecule has 9 nitrogen and oxygen atoms in total. The molecule has 0 saturated carbocycles. The van der Waals surface area contributed by atoms with E-state index in [1.54, 1.807) is 48.5 Å². The predicted octanol–water partition coefficient (Wildman–Crippen LogP) is 0.834. The molecule has 1 atom stereocenters. The summed E-state index contributed by atoms with van der Waals surface area (Å²) in [6.07, 6.45) is -0.943. The SMILES string of the molecule is N#Cc1ccc(OCCNC(=O)C(NC(=O)OCc2ccccc2)C(N)=O)cc1. The number of nitrogens with zero attached hydrogens (tertiary/aromatic N) is 1. The summed E-state index contributed by atoms with van der Waals surface area (Å²) in [6, 6.07) is 15.8. The lowest BCUT2D eigenvalue weighted by Gasteiger charge is -2.15. The third kappa shape index (κ3) is 7.22. The topological polar surface area (TPSA) is 144 Å². The molecule has 0 heterocycles. The number of benzene rings is 2. The van der Waals surface area contributed by atoms with E-state index >= 15 is 0 Å². The van der Waals surface area contributed by atoms with Crippen molar-refractivity contribution in [1.29, 1.82) is 5.26 Å². The minimum absolute atomic E-state index is 0.0157. The fourth-order valence-electron chi connectivity index (χ4n) is 2.22. The molecule has 0 aromatic heterocycles. The second kappa shape index (κ2) is 10.9. The Bertz CT molecular complexity index is 878. The van der Waals surface area contributed by atoms with Gasteiger partial charge in [0.15, 0.2) is 6.04 Å². The number of rotatable bonds is 9. The van der Waals surface area contributed by atoms with Gasteiger partial charge in [-0.25, -0.2) is 4.79 Å². The molecule has 29 heavy (non-hydrogen) atoms. The van der Waals surface area contributed by atoms with Crippen LogP contribution in [0.5, 0.6) is 5.75 Å². The van der Waals surface area contributed by atoms with Crippen LogP contribution in [0, 0.1) is 11.3 Å². The third-order valence-electron chi connectivity index (χ3n) is 3.68. The number of hydrogen-bond donors (Lipinski definition) is 3. The van der Waals surface area contributed by atoms with Crippen LogP contribution in [-0.4, -0.2) is 37.1 Å². The van der Waals surface area contributed by atoms with Crippen LogP contribution in [0.15, 0.2) is 54.6 Å². The zero-order valence-corrected chi connectivity index (χ0v) is 15.5. The molecule has 2 aromatic carbocycles. The van der Waals surface area contributed by atoms with Crippen LogP contribution >= 0.6 is 0 Å². The van der Waals surface area contributed by atoms with Gasteiger partial charge in [0, 0.05) is 0 Å². The third-order valence-corrected chi connectivity index (χ3v) is 3.68. The van der Waals surface area contributed by atoms with E-state index in [9.17, 15) is 14.4 Å². The van der Waals surface area contributed by atoms with E-state index in [1.165, 1.54) is 0 Å². The molecule has 0 saturated heterocycles. The Morgan fingerprint density at radius 1 is 1.07 bits per heavy atom. The Morgan fingerprint density at radius 3 is 2.38 bits per heavy atom. The van der Waals surface area contributed by atoms with Gasteiger partial charge in [-0.1, -0.05) is 30.3 Å². The summed E-state index contributed by atoms with van der Waals surface area (Å²) >= 11 is 0. The van der Waals surface area contributed by atoms with Gasteiger partial charge in [-0.3, -0.25) is 9.59 Å². The van der Waals surface area contributed by atoms with Gasteiger partial charge < -0.3 is 25.8 Å². The number of nitrogens with one attached hydrogen (secondary N) is 2. The predicted molar refractivity (Wildman–Crippen MR) is 102 cm³/mol. The van der Waals surface area contributed by atoms with E-state index < -0.39 is 23.9 Å². The number of nitrogens with two attached hydrogens (primary N) is 1. The summed E-state index contributed by atoms with van der Waals surface area (Å²) < 4.78 is 10.4.